The lowest BCUT2D eigenvalue weighted by Crippen LogP contribution is -2.37. The van der Waals surface area contributed by atoms with Gasteiger partial charge in [-0.05, 0) is 44.5 Å². The summed E-state index contributed by atoms with van der Waals surface area (Å²) in [6.07, 6.45) is 2.49. The van der Waals surface area contributed by atoms with Gasteiger partial charge in [0.25, 0.3) is 0 Å². The highest BCUT2D eigenvalue weighted by Crippen LogP contribution is 2.23. The second-order valence-corrected chi connectivity index (χ2v) is 6.03. The molecule has 2 rings (SSSR count). The normalized spacial score (nSPS) is 19.3. The molecule has 0 amide bonds. The van der Waals surface area contributed by atoms with Gasteiger partial charge < -0.3 is 9.80 Å². The summed E-state index contributed by atoms with van der Waals surface area (Å²) >= 11 is 0. The minimum Gasteiger partial charge on any atom is -0.357 e. The van der Waals surface area contributed by atoms with E-state index in [1.54, 1.807) is 0 Å². The molecule has 20 heavy (non-hydrogen) atoms. The highest BCUT2D eigenvalue weighted by Gasteiger charge is 2.23. The zero-order valence-corrected chi connectivity index (χ0v) is 12.9. The zero-order chi connectivity index (χ0) is 14.7. The van der Waals surface area contributed by atoms with E-state index in [2.05, 4.69) is 36.8 Å². The van der Waals surface area contributed by atoms with Crippen molar-refractivity contribution in [1.82, 2.24) is 9.88 Å². The van der Waals surface area contributed by atoms with Gasteiger partial charge in [-0.2, -0.15) is 5.26 Å². The fraction of sp³-hybridized carbons (Fsp3) is 0.625. The van der Waals surface area contributed by atoms with E-state index in [1.807, 2.05) is 19.2 Å². The van der Waals surface area contributed by atoms with E-state index >= 15 is 0 Å². The highest BCUT2D eigenvalue weighted by molar-refractivity contribution is 5.54. The molecule has 1 atom stereocenters. The summed E-state index contributed by atoms with van der Waals surface area (Å²) in [4.78, 5) is 9.23. The molecule has 1 aliphatic rings. The predicted octanol–water partition coefficient (Wildman–Crippen LogP) is 2.61. The van der Waals surface area contributed by atoms with Gasteiger partial charge in [0.15, 0.2) is 0 Å². The standard InChI is InChI=1S/C16H24N4/c1-12(2)15-8-7-13(10-17)16(18-15)20(4)11-14-6-5-9-19(14)3/h7-8,12,14H,5-6,9,11H2,1-4H3/t14-/m0/s1. The molecule has 1 saturated heterocycles. The maximum absolute atomic E-state index is 9.28. The topological polar surface area (TPSA) is 43.2 Å². The number of nitriles is 1. The molecule has 1 aromatic heterocycles. The third kappa shape index (κ3) is 3.10. The van der Waals surface area contributed by atoms with Crippen molar-refractivity contribution in [2.45, 2.75) is 38.6 Å². The molecule has 2 heterocycles. The van der Waals surface area contributed by atoms with Crippen LogP contribution in [0.2, 0.25) is 0 Å². The Hall–Kier alpha value is -1.60. The summed E-state index contributed by atoms with van der Waals surface area (Å²) in [6.45, 7) is 6.36. The van der Waals surface area contributed by atoms with Crippen LogP contribution in [0.25, 0.3) is 0 Å². The van der Waals surface area contributed by atoms with Crippen LogP contribution in [0.15, 0.2) is 12.1 Å². The first-order valence-electron chi connectivity index (χ1n) is 7.35. The van der Waals surface area contributed by atoms with Crippen LogP contribution in [-0.4, -0.2) is 43.1 Å². The molecule has 0 bridgehead atoms. The molecule has 0 saturated carbocycles. The van der Waals surface area contributed by atoms with Crippen LogP contribution in [0.3, 0.4) is 0 Å². The number of aromatic nitrogens is 1. The number of pyridine rings is 1. The van der Waals surface area contributed by atoms with Gasteiger partial charge in [-0.1, -0.05) is 13.8 Å². The van der Waals surface area contributed by atoms with Crippen molar-refractivity contribution in [1.29, 1.82) is 5.26 Å². The van der Waals surface area contributed by atoms with Crippen molar-refractivity contribution >= 4 is 5.82 Å². The third-order valence-electron chi connectivity index (χ3n) is 4.13. The van der Waals surface area contributed by atoms with Gasteiger partial charge >= 0.3 is 0 Å². The van der Waals surface area contributed by atoms with Gasteiger partial charge in [0.2, 0.25) is 0 Å². The second-order valence-electron chi connectivity index (χ2n) is 6.03. The summed E-state index contributed by atoms with van der Waals surface area (Å²) in [6, 6.07) is 6.68. The van der Waals surface area contributed by atoms with Crippen LogP contribution >= 0.6 is 0 Å². The van der Waals surface area contributed by atoms with Gasteiger partial charge in [-0.3, -0.25) is 0 Å². The largest absolute Gasteiger partial charge is 0.357 e. The fourth-order valence-electron chi connectivity index (χ4n) is 2.78. The monoisotopic (exact) mass is 272 g/mol. The molecule has 4 nitrogen and oxygen atoms in total. The summed E-state index contributed by atoms with van der Waals surface area (Å²) < 4.78 is 0. The lowest BCUT2D eigenvalue weighted by atomic mass is 10.1. The Kier molecular flexibility index (Phi) is 4.61. The Bertz CT molecular complexity index is 504. The quantitative estimate of drug-likeness (QED) is 0.845. The number of rotatable bonds is 4. The van der Waals surface area contributed by atoms with Crippen LogP contribution in [0, 0.1) is 11.3 Å². The molecule has 108 valence electrons. The molecular formula is C16H24N4. The molecule has 0 spiro atoms. The maximum atomic E-state index is 9.28. The second kappa shape index (κ2) is 6.23. The van der Waals surface area contributed by atoms with Gasteiger partial charge in [0, 0.05) is 25.3 Å². The van der Waals surface area contributed by atoms with Gasteiger partial charge in [0.1, 0.15) is 11.9 Å². The molecule has 0 radical (unpaired) electrons. The van der Waals surface area contributed by atoms with Crippen molar-refractivity contribution in [2.24, 2.45) is 0 Å². The van der Waals surface area contributed by atoms with Gasteiger partial charge in [-0.25, -0.2) is 4.98 Å². The van der Waals surface area contributed by atoms with E-state index in [1.165, 1.54) is 19.4 Å². The van der Waals surface area contributed by atoms with Crippen molar-refractivity contribution in [2.75, 3.05) is 32.1 Å². The fourth-order valence-corrected chi connectivity index (χ4v) is 2.78. The molecular weight excluding hydrogens is 248 g/mol. The molecule has 1 aromatic rings. The average molecular weight is 272 g/mol. The van der Waals surface area contributed by atoms with Crippen LogP contribution in [0.1, 0.15) is 43.9 Å². The molecule has 1 aliphatic heterocycles. The van der Waals surface area contributed by atoms with Crippen LogP contribution < -0.4 is 4.90 Å². The zero-order valence-electron chi connectivity index (χ0n) is 12.9. The summed E-state index contributed by atoms with van der Waals surface area (Å²) in [7, 11) is 4.22. The van der Waals surface area contributed by atoms with E-state index in [4.69, 9.17) is 4.98 Å². The summed E-state index contributed by atoms with van der Waals surface area (Å²) in [5.74, 6) is 1.20. The lowest BCUT2D eigenvalue weighted by molar-refractivity contribution is 0.314. The van der Waals surface area contributed by atoms with Crippen LogP contribution in [0.5, 0.6) is 0 Å². The Labute approximate surface area is 122 Å². The molecule has 0 N–H and O–H groups in total. The Morgan fingerprint density at radius 1 is 1.50 bits per heavy atom. The summed E-state index contributed by atoms with van der Waals surface area (Å²) in [5, 5.41) is 9.28. The van der Waals surface area contributed by atoms with E-state index in [0.717, 1.165) is 18.1 Å². The number of anilines is 1. The molecule has 4 heteroatoms. The highest BCUT2D eigenvalue weighted by atomic mass is 15.2. The Morgan fingerprint density at radius 2 is 2.25 bits per heavy atom. The molecule has 0 aliphatic carbocycles. The first-order chi connectivity index (χ1) is 9.52. The first-order valence-corrected chi connectivity index (χ1v) is 7.35. The SMILES string of the molecule is CC(C)c1ccc(C#N)c(N(C)C[C@@H]2CCCN2C)n1. The Balaban J connectivity index is 2.21. The van der Waals surface area contributed by atoms with E-state index in [-0.39, 0.29) is 0 Å². The van der Waals surface area contributed by atoms with E-state index < -0.39 is 0 Å². The lowest BCUT2D eigenvalue weighted by Gasteiger charge is -2.27. The summed E-state index contributed by atoms with van der Waals surface area (Å²) in [5.41, 5.74) is 1.71. The maximum Gasteiger partial charge on any atom is 0.146 e. The van der Waals surface area contributed by atoms with E-state index in [0.29, 0.717) is 17.5 Å². The molecule has 0 aromatic carbocycles. The predicted molar refractivity (Wildman–Crippen MR) is 82.0 cm³/mol. The number of hydrogen-bond acceptors (Lipinski definition) is 4. The minimum absolute atomic E-state index is 0.379. The number of likely N-dealkylation sites (N-methyl/N-ethyl adjacent to an activating group) is 2. The van der Waals surface area contributed by atoms with Crippen molar-refractivity contribution in [3.63, 3.8) is 0 Å². The molecule has 1 fully saturated rings. The first kappa shape index (κ1) is 14.8. The number of hydrogen-bond donors (Lipinski definition) is 0. The van der Waals surface area contributed by atoms with Crippen molar-refractivity contribution in [3.05, 3.63) is 23.4 Å². The minimum atomic E-state index is 0.379. The van der Waals surface area contributed by atoms with Crippen LogP contribution in [-0.2, 0) is 0 Å². The number of nitrogens with zero attached hydrogens (tertiary/aromatic N) is 4. The average Bonchev–Trinajstić information content (AvgIpc) is 2.83. The van der Waals surface area contributed by atoms with Crippen molar-refractivity contribution in [3.8, 4) is 6.07 Å². The van der Waals surface area contributed by atoms with Crippen molar-refractivity contribution < 1.29 is 0 Å². The van der Waals surface area contributed by atoms with E-state index in [9.17, 15) is 5.26 Å². The number of likely N-dealkylation sites (tertiary alicyclic amines) is 1. The molecule has 0 unspecified atom stereocenters. The smallest absolute Gasteiger partial charge is 0.146 e. The van der Waals surface area contributed by atoms with Gasteiger partial charge in [0.05, 0.1) is 5.56 Å². The van der Waals surface area contributed by atoms with Crippen LogP contribution in [0.4, 0.5) is 5.82 Å². The third-order valence-corrected chi connectivity index (χ3v) is 4.13. The van der Waals surface area contributed by atoms with Gasteiger partial charge in [-0.15, -0.1) is 0 Å². The Morgan fingerprint density at radius 3 is 2.80 bits per heavy atom.